The van der Waals surface area contributed by atoms with E-state index in [-0.39, 0.29) is 11.5 Å². The van der Waals surface area contributed by atoms with E-state index in [9.17, 15) is 14.5 Å². The Balaban J connectivity index is 1.93. The molecule has 0 radical (unpaired) electrons. The van der Waals surface area contributed by atoms with Gasteiger partial charge in [-0.05, 0) is 52.9 Å². The molecule has 0 spiro atoms. The molecule has 3 aromatic carbocycles. The Labute approximate surface area is 133 Å². The van der Waals surface area contributed by atoms with Gasteiger partial charge in [0.1, 0.15) is 5.82 Å². The lowest BCUT2D eigenvalue weighted by Gasteiger charge is -2.08. The smallest absolute Gasteiger partial charge is 0.258 e. The van der Waals surface area contributed by atoms with Crippen molar-refractivity contribution in [3.63, 3.8) is 0 Å². The molecule has 0 aromatic heterocycles. The minimum Gasteiger partial charge on any atom is -0.258 e. The maximum atomic E-state index is 13.0. The van der Waals surface area contributed by atoms with Gasteiger partial charge in [0.2, 0.25) is 0 Å². The first-order chi connectivity index (χ1) is 11.0. The second-order valence-electron chi connectivity index (χ2n) is 5.34. The summed E-state index contributed by atoms with van der Waals surface area (Å²) in [6, 6.07) is 19.0. The van der Waals surface area contributed by atoms with Crippen LogP contribution in [0.4, 0.5) is 10.1 Å². The zero-order valence-electron chi connectivity index (χ0n) is 12.5. The summed E-state index contributed by atoms with van der Waals surface area (Å²) in [5, 5.41) is 10.8. The van der Waals surface area contributed by atoms with Gasteiger partial charge in [-0.15, -0.1) is 0 Å². The average molecular weight is 307 g/mol. The first-order valence-electron chi connectivity index (χ1n) is 7.16. The number of non-ortho nitro benzene ring substituents is 1. The number of benzene rings is 3. The highest BCUT2D eigenvalue weighted by Gasteiger charge is 2.09. The van der Waals surface area contributed by atoms with E-state index in [1.165, 1.54) is 18.2 Å². The van der Waals surface area contributed by atoms with Crippen LogP contribution in [0.25, 0.3) is 22.3 Å². The molecular weight excluding hydrogens is 293 g/mol. The van der Waals surface area contributed by atoms with E-state index in [0.29, 0.717) is 0 Å². The summed E-state index contributed by atoms with van der Waals surface area (Å²) in [5.74, 6) is -0.258. The Morgan fingerprint density at radius 1 is 0.826 bits per heavy atom. The van der Waals surface area contributed by atoms with Crippen molar-refractivity contribution >= 4 is 5.69 Å². The van der Waals surface area contributed by atoms with Crippen LogP contribution in [0.15, 0.2) is 66.7 Å². The monoisotopic (exact) mass is 307 g/mol. The third-order valence-corrected chi connectivity index (χ3v) is 3.79. The van der Waals surface area contributed by atoms with Crippen molar-refractivity contribution in [3.8, 4) is 22.3 Å². The zero-order valence-corrected chi connectivity index (χ0v) is 12.5. The molecule has 3 aromatic rings. The third-order valence-electron chi connectivity index (χ3n) is 3.79. The van der Waals surface area contributed by atoms with Crippen LogP contribution in [-0.4, -0.2) is 4.92 Å². The molecule has 0 atom stereocenters. The number of aryl methyl sites for hydroxylation is 1. The largest absolute Gasteiger partial charge is 0.269 e. The molecule has 0 saturated heterocycles. The summed E-state index contributed by atoms with van der Waals surface area (Å²) in [6.07, 6.45) is 0. The van der Waals surface area contributed by atoms with Gasteiger partial charge in [-0.25, -0.2) is 4.39 Å². The van der Waals surface area contributed by atoms with Gasteiger partial charge in [-0.1, -0.05) is 36.4 Å². The van der Waals surface area contributed by atoms with Gasteiger partial charge in [-0.2, -0.15) is 0 Å². The van der Waals surface area contributed by atoms with E-state index < -0.39 is 4.92 Å². The van der Waals surface area contributed by atoms with Crippen LogP contribution >= 0.6 is 0 Å². The molecular formula is C19H14FNO2. The highest BCUT2D eigenvalue weighted by Crippen LogP contribution is 2.29. The Morgan fingerprint density at radius 3 is 1.87 bits per heavy atom. The minimum atomic E-state index is -0.394. The average Bonchev–Trinajstić information content (AvgIpc) is 2.56. The summed E-state index contributed by atoms with van der Waals surface area (Å²) < 4.78 is 13.0. The summed E-state index contributed by atoms with van der Waals surface area (Å²) in [6.45, 7) is 1.86. The summed E-state index contributed by atoms with van der Waals surface area (Å²) in [7, 11) is 0. The van der Waals surface area contributed by atoms with Gasteiger partial charge < -0.3 is 0 Å². The Kier molecular flexibility index (Phi) is 3.89. The number of nitro groups is 1. The molecule has 0 bridgehead atoms. The third kappa shape index (κ3) is 3.11. The fraction of sp³-hybridized carbons (Fsp3) is 0.0526. The van der Waals surface area contributed by atoms with Crippen molar-refractivity contribution in [1.82, 2.24) is 0 Å². The molecule has 0 aliphatic heterocycles. The van der Waals surface area contributed by atoms with Crippen molar-refractivity contribution in [2.75, 3.05) is 0 Å². The molecule has 3 rings (SSSR count). The summed E-state index contributed by atoms with van der Waals surface area (Å²) >= 11 is 0. The van der Waals surface area contributed by atoms with Crippen molar-refractivity contribution in [1.29, 1.82) is 0 Å². The lowest BCUT2D eigenvalue weighted by molar-refractivity contribution is -0.384. The number of rotatable bonds is 3. The number of hydrogen-bond acceptors (Lipinski definition) is 2. The Morgan fingerprint density at radius 2 is 1.35 bits per heavy atom. The summed E-state index contributed by atoms with van der Waals surface area (Å²) in [4.78, 5) is 10.4. The molecule has 0 amide bonds. The van der Waals surface area contributed by atoms with Crippen LogP contribution < -0.4 is 0 Å². The maximum Gasteiger partial charge on any atom is 0.269 e. The molecule has 0 aliphatic carbocycles. The molecule has 114 valence electrons. The van der Waals surface area contributed by atoms with E-state index in [2.05, 4.69) is 0 Å². The summed E-state index contributed by atoms with van der Waals surface area (Å²) in [5.41, 5.74) is 4.83. The molecule has 0 aliphatic rings. The standard InChI is InChI=1S/C19H14FNO2/c1-13-12-18(21(22)23)10-11-19(13)16-4-2-14(3-5-16)15-6-8-17(20)9-7-15/h2-12H,1H3. The fourth-order valence-electron chi connectivity index (χ4n) is 2.57. The molecule has 4 heteroatoms. The van der Waals surface area contributed by atoms with E-state index in [4.69, 9.17) is 0 Å². The number of halogens is 1. The lowest BCUT2D eigenvalue weighted by atomic mass is 9.97. The SMILES string of the molecule is Cc1cc([N+](=O)[O-])ccc1-c1ccc(-c2ccc(F)cc2)cc1. The van der Waals surface area contributed by atoms with Gasteiger partial charge in [0, 0.05) is 12.1 Å². The topological polar surface area (TPSA) is 43.1 Å². The second kappa shape index (κ2) is 6.01. The normalized spacial score (nSPS) is 10.5. The van der Waals surface area contributed by atoms with Crippen molar-refractivity contribution in [2.24, 2.45) is 0 Å². The number of nitro benzene ring substituents is 1. The fourth-order valence-corrected chi connectivity index (χ4v) is 2.57. The highest BCUT2D eigenvalue weighted by atomic mass is 19.1. The van der Waals surface area contributed by atoms with Crippen LogP contribution in [-0.2, 0) is 0 Å². The van der Waals surface area contributed by atoms with Crippen LogP contribution in [0.2, 0.25) is 0 Å². The quantitative estimate of drug-likeness (QED) is 0.482. The van der Waals surface area contributed by atoms with Gasteiger partial charge in [0.25, 0.3) is 5.69 Å². The predicted octanol–water partition coefficient (Wildman–Crippen LogP) is 5.38. The van der Waals surface area contributed by atoms with Gasteiger partial charge >= 0.3 is 0 Å². The molecule has 0 unspecified atom stereocenters. The van der Waals surface area contributed by atoms with Crippen LogP contribution in [0.3, 0.4) is 0 Å². The second-order valence-corrected chi connectivity index (χ2v) is 5.34. The Bertz CT molecular complexity index is 856. The van der Waals surface area contributed by atoms with Crippen molar-refractivity contribution in [2.45, 2.75) is 6.92 Å². The number of hydrogen-bond donors (Lipinski definition) is 0. The minimum absolute atomic E-state index is 0.0918. The molecule has 0 heterocycles. The lowest BCUT2D eigenvalue weighted by Crippen LogP contribution is -1.90. The first-order valence-corrected chi connectivity index (χ1v) is 7.16. The highest BCUT2D eigenvalue weighted by molar-refractivity contribution is 5.73. The molecule has 23 heavy (non-hydrogen) atoms. The molecule has 0 fully saturated rings. The molecule has 3 nitrogen and oxygen atoms in total. The van der Waals surface area contributed by atoms with Crippen LogP contribution in [0.5, 0.6) is 0 Å². The predicted molar refractivity (Wildman–Crippen MR) is 88.7 cm³/mol. The van der Waals surface area contributed by atoms with Crippen LogP contribution in [0.1, 0.15) is 5.56 Å². The van der Waals surface area contributed by atoms with Crippen molar-refractivity contribution < 1.29 is 9.31 Å². The zero-order chi connectivity index (χ0) is 16.4. The maximum absolute atomic E-state index is 13.0. The van der Waals surface area contributed by atoms with Crippen LogP contribution in [0, 0.1) is 22.9 Å². The van der Waals surface area contributed by atoms with E-state index in [1.54, 1.807) is 24.3 Å². The van der Waals surface area contributed by atoms with Gasteiger partial charge in [-0.3, -0.25) is 10.1 Å². The number of nitrogens with zero attached hydrogens (tertiary/aromatic N) is 1. The van der Waals surface area contributed by atoms with Gasteiger partial charge in [0.15, 0.2) is 0 Å². The van der Waals surface area contributed by atoms with Crippen molar-refractivity contribution in [3.05, 3.63) is 88.2 Å². The first kappa shape index (κ1) is 14.9. The van der Waals surface area contributed by atoms with Gasteiger partial charge in [0.05, 0.1) is 4.92 Å². The van der Waals surface area contributed by atoms with E-state index in [0.717, 1.165) is 27.8 Å². The van der Waals surface area contributed by atoms with E-state index in [1.807, 2.05) is 31.2 Å². The molecule has 0 N–H and O–H groups in total. The Hall–Kier alpha value is -3.01. The molecule has 0 saturated carbocycles. The van der Waals surface area contributed by atoms with E-state index >= 15 is 0 Å².